The SMILES string of the molecule is C=Cc1oc(C(C)C)nc1/C=C\C. The van der Waals surface area contributed by atoms with Gasteiger partial charge in [0.25, 0.3) is 0 Å². The van der Waals surface area contributed by atoms with Crippen LogP contribution in [-0.4, -0.2) is 4.98 Å². The number of nitrogens with zero attached hydrogens (tertiary/aromatic N) is 1. The van der Waals surface area contributed by atoms with Crippen LogP contribution in [0.3, 0.4) is 0 Å². The van der Waals surface area contributed by atoms with Gasteiger partial charge in [0.05, 0.1) is 0 Å². The Morgan fingerprint density at radius 3 is 2.62 bits per heavy atom. The van der Waals surface area contributed by atoms with Gasteiger partial charge < -0.3 is 4.42 Å². The highest BCUT2D eigenvalue weighted by molar-refractivity contribution is 5.57. The first-order chi connectivity index (χ1) is 6.19. The number of oxazole rings is 1. The van der Waals surface area contributed by atoms with E-state index in [1.165, 1.54) is 0 Å². The first-order valence-electron chi connectivity index (χ1n) is 4.45. The van der Waals surface area contributed by atoms with Crippen molar-refractivity contribution in [3.8, 4) is 0 Å². The molecule has 2 heteroatoms. The Labute approximate surface area is 79.0 Å². The number of rotatable bonds is 3. The number of aromatic nitrogens is 1. The summed E-state index contributed by atoms with van der Waals surface area (Å²) in [6, 6.07) is 0. The van der Waals surface area contributed by atoms with Crippen LogP contribution in [0.5, 0.6) is 0 Å². The molecule has 0 spiro atoms. The smallest absolute Gasteiger partial charge is 0.198 e. The minimum atomic E-state index is 0.317. The van der Waals surface area contributed by atoms with Gasteiger partial charge in [-0.15, -0.1) is 0 Å². The molecule has 0 N–H and O–H groups in total. The third-order valence-electron chi connectivity index (χ3n) is 1.70. The lowest BCUT2D eigenvalue weighted by Gasteiger charge is -1.94. The Bertz CT molecular complexity index is 321. The Morgan fingerprint density at radius 2 is 2.15 bits per heavy atom. The van der Waals surface area contributed by atoms with E-state index < -0.39 is 0 Å². The highest BCUT2D eigenvalue weighted by Crippen LogP contribution is 2.19. The molecular formula is C11H15NO. The number of allylic oxidation sites excluding steroid dienone is 1. The van der Waals surface area contributed by atoms with Crippen LogP contribution < -0.4 is 0 Å². The Kier molecular flexibility index (Phi) is 3.07. The van der Waals surface area contributed by atoms with Crippen molar-refractivity contribution in [2.45, 2.75) is 26.7 Å². The lowest BCUT2D eigenvalue weighted by Crippen LogP contribution is -1.85. The van der Waals surface area contributed by atoms with E-state index in [9.17, 15) is 0 Å². The van der Waals surface area contributed by atoms with E-state index in [-0.39, 0.29) is 0 Å². The molecule has 1 aromatic heterocycles. The van der Waals surface area contributed by atoms with Crippen LogP contribution >= 0.6 is 0 Å². The van der Waals surface area contributed by atoms with E-state index in [2.05, 4.69) is 25.4 Å². The fourth-order valence-electron chi connectivity index (χ4n) is 1.03. The van der Waals surface area contributed by atoms with E-state index in [4.69, 9.17) is 4.42 Å². The lowest BCUT2D eigenvalue weighted by molar-refractivity contribution is 0.464. The monoisotopic (exact) mass is 177 g/mol. The Hall–Kier alpha value is -1.31. The van der Waals surface area contributed by atoms with E-state index in [1.54, 1.807) is 6.08 Å². The quantitative estimate of drug-likeness (QED) is 0.706. The van der Waals surface area contributed by atoms with Crippen molar-refractivity contribution < 1.29 is 4.42 Å². The first-order valence-corrected chi connectivity index (χ1v) is 4.45. The van der Waals surface area contributed by atoms with E-state index in [0.29, 0.717) is 5.92 Å². The van der Waals surface area contributed by atoms with Crippen LogP contribution in [0.1, 0.15) is 44.0 Å². The summed E-state index contributed by atoms with van der Waals surface area (Å²) in [7, 11) is 0. The van der Waals surface area contributed by atoms with Crippen LogP contribution in [0.15, 0.2) is 17.1 Å². The average molecular weight is 177 g/mol. The zero-order chi connectivity index (χ0) is 9.84. The normalized spacial score (nSPS) is 11.4. The highest BCUT2D eigenvalue weighted by atomic mass is 16.4. The second-order valence-electron chi connectivity index (χ2n) is 3.16. The molecule has 1 aromatic rings. The summed E-state index contributed by atoms with van der Waals surface area (Å²) in [5.74, 6) is 1.84. The summed E-state index contributed by atoms with van der Waals surface area (Å²) in [6.45, 7) is 9.74. The zero-order valence-corrected chi connectivity index (χ0v) is 8.37. The van der Waals surface area contributed by atoms with Gasteiger partial charge in [-0.05, 0) is 19.1 Å². The molecule has 70 valence electrons. The largest absolute Gasteiger partial charge is 0.440 e. The van der Waals surface area contributed by atoms with Crippen LogP contribution in [0.25, 0.3) is 12.2 Å². The summed E-state index contributed by atoms with van der Waals surface area (Å²) in [4.78, 5) is 4.35. The van der Waals surface area contributed by atoms with Gasteiger partial charge in [-0.25, -0.2) is 4.98 Å². The first kappa shape index (κ1) is 9.78. The molecule has 0 amide bonds. The maximum atomic E-state index is 5.50. The molecule has 0 saturated carbocycles. The van der Waals surface area contributed by atoms with E-state index >= 15 is 0 Å². The summed E-state index contributed by atoms with van der Waals surface area (Å²) in [6.07, 6.45) is 5.55. The van der Waals surface area contributed by atoms with Crippen LogP contribution in [0.2, 0.25) is 0 Å². The molecule has 0 fully saturated rings. The number of hydrogen-bond donors (Lipinski definition) is 0. The van der Waals surface area contributed by atoms with Crippen molar-refractivity contribution in [3.05, 3.63) is 30.0 Å². The third-order valence-corrected chi connectivity index (χ3v) is 1.70. The maximum Gasteiger partial charge on any atom is 0.198 e. The summed E-state index contributed by atoms with van der Waals surface area (Å²) in [5.41, 5.74) is 0.862. The van der Waals surface area contributed by atoms with Gasteiger partial charge in [0.15, 0.2) is 11.7 Å². The second kappa shape index (κ2) is 4.08. The highest BCUT2D eigenvalue weighted by Gasteiger charge is 2.10. The molecule has 2 nitrogen and oxygen atoms in total. The molecule has 1 rings (SSSR count). The molecule has 0 unspecified atom stereocenters. The molecule has 0 saturated heterocycles. The van der Waals surface area contributed by atoms with Gasteiger partial charge in [0.2, 0.25) is 0 Å². The van der Waals surface area contributed by atoms with Gasteiger partial charge >= 0.3 is 0 Å². The fraction of sp³-hybridized carbons (Fsp3) is 0.364. The Morgan fingerprint density at radius 1 is 1.46 bits per heavy atom. The minimum absolute atomic E-state index is 0.317. The van der Waals surface area contributed by atoms with Crippen molar-refractivity contribution >= 4 is 12.2 Å². The number of hydrogen-bond acceptors (Lipinski definition) is 2. The van der Waals surface area contributed by atoms with E-state index in [0.717, 1.165) is 17.3 Å². The van der Waals surface area contributed by atoms with Gasteiger partial charge in [0, 0.05) is 5.92 Å². The molecule has 0 aromatic carbocycles. The molecule has 0 aliphatic rings. The van der Waals surface area contributed by atoms with Crippen LogP contribution in [0, 0.1) is 0 Å². The Balaban J connectivity index is 3.11. The molecule has 13 heavy (non-hydrogen) atoms. The molecule has 0 aliphatic carbocycles. The van der Waals surface area contributed by atoms with Crippen molar-refractivity contribution in [1.29, 1.82) is 0 Å². The molecular weight excluding hydrogens is 162 g/mol. The predicted octanol–water partition coefficient (Wildman–Crippen LogP) is 3.47. The zero-order valence-electron chi connectivity index (χ0n) is 8.37. The van der Waals surface area contributed by atoms with Crippen molar-refractivity contribution in [1.82, 2.24) is 4.98 Å². The van der Waals surface area contributed by atoms with Crippen LogP contribution in [-0.2, 0) is 0 Å². The molecule has 0 aliphatic heterocycles. The predicted molar refractivity (Wildman–Crippen MR) is 55.4 cm³/mol. The van der Waals surface area contributed by atoms with Crippen LogP contribution in [0.4, 0.5) is 0 Å². The van der Waals surface area contributed by atoms with Gasteiger partial charge in [-0.1, -0.05) is 26.5 Å². The molecule has 0 bridgehead atoms. The maximum absolute atomic E-state index is 5.50. The van der Waals surface area contributed by atoms with Gasteiger partial charge in [-0.3, -0.25) is 0 Å². The summed E-state index contributed by atoms with van der Waals surface area (Å²) >= 11 is 0. The van der Waals surface area contributed by atoms with Crippen molar-refractivity contribution in [2.24, 2.45) is 0 Å². The van der Waals surface area contributed by atoms with Gasteiger partial charge in [-0.2, -0.15) is 0 Å². The van der Waals surface area contributed by atoms with E-state index in [1.807, 2.05) is 19.1 Å². The lowest BCUT2D eigenvalue weighted by atomic mass is 10.2. The van der Waals surface area contributed by atoms with Crippen molar-refractivity contribution in [2.75, 3.05) is 0 Å². The fourth-order valence-corrected chi connectivity index (χ4v) is 1.03. The third kappa shape index (κ3) is 2.08. The molecule has 1 heterocycles. The van der Waals surface area contributed by atoms with Gasteiger partial charge in [0.1, 0.15) is 5.69 Å². The second-order valence-corrected chi connectivity index (χ2v) is 3.16. The summed E-state index contributed by atoms with van der Waals surface area (Å²) in [5, 5.41) is 0. The molecule has 0 atom stereocenters. The molecule has 0 radical (unpaired) electrons. The average Bonchev–Trinajstić information content (AvgIpc) is 2.48. The standard InChI is InChI=1S/C11H15NO/c1-5-7-9-10(6-2)13-11(12-9)8(3)4/h5-8H,2H2,1,3-4H3/b7-5-. The topological polar surface area (TPSA) is 26.0 Å². The minimum Gasteiger partial charge on any atom is -0.440 e. The summed E-state index contributed by atoms with van der Waals surface area (Å²) < 4.78 is 5.50. The van der Waals surface area contributed by atoms with Crippen molar-refractivity contribution in [3.63, 3.8) is 0 Å².